The quantitative estimate of drug-likeness (QED) is 0.515. The third kappa shape index (κ3) is 5.68. The molecule has 9 heteroatoms. The van der Waals surface area contributed by atoms with E-state index in [0.717, 1.165) is 6.07 Å². The summed E-state index contributed by atoms with van der Waals surface area (Å²) in [4.78, 5) is 35.4. The molecule has 7 nitrogen and oxygen atoms in total. The van der Waals surface area contributed by atoms with Crippen LogP contribution < -0.4 is 15.8 Å². The minimum atomic E-state index is -0.845. The number of ether oxygens (including phenoxy) is 2. The lowest BCUT2D eigenvalue weighted by molar-refractivity contribution is -0.143. The van der Waals surface area contributed by atoms with Crippen molar-refractivity contribution in [1.82, 2.24) is 5.32 Å². The van der Waals surface area contributed by atoms with Crippen LogP contribution in [-0.2, 0) is 9.53 Å². The normalized spacial score (nSPS) is 11.4. The molecule has 148 valence electrons. The highest BCUT2D eigenvalue weighted by Gasteiger charge is 2.21. The van der Waals surface area contributed by atoms with Crippen molar-refractivity contribution in [2.45, 2.75) is 12.5 Å². The predicted molar refractivity (Wildman–Crippen MR) is 99.8 cm³/mol. The van der Waals surface area contributed by atoms with Crippen LogP contribution in [0, 0.1) is 5.82 Å². The first-order chi connectivity index (χ1) is 13.3. The first kappa shape index (κ1) is 21.2. The van der Waals surface area contributed by atoms with Gasteiger partial charge < -0.3 is 20.5 Å². The van der Waals surface area contributed by atoms with Gasteiger partial charge in [-0.1, -0.05) is 29.8 Å². The molecular weight excluding hydrogens is 391 g/mol. The van der Waals surface area contributed by atoms with E-state index in [-0.39, 0.29) is 17.7 Å². The Morgan fingerprint density at radius 3 is 2.54 bits per heavy atom. The van der Waals surface area contributed by atoms with E-state index in [2.05, 4.69) is 5.32 Å². The molecule has 0 aliphatic carbocycles. The largest absolute Gasteiger partial charge is 0.494 e. The molecule has 2 amide bonds. The van der Waals surface area contributed by atoms with E-state index < -0.39 is 36.2 Å². The Hall–Kier alpha value is -3.13. The molecule has 0 heterocycles. The zero-order valence-electron chi connectivity index (χ0n) is 14.9. The molecule has 28 heavy (non-hydrogen) atoms. The highest BCUT2D eigenvalue weighted by Crippen LogP contribution is 2.25. The molecule has 0 fully saturated rings. The summed E-state index contributed by atoms with van der Waals surface area (Å²) in [6, 6.07) is 8.59. The molecule has 0 spiro atoms. The van der Waals surface area contributed by atoms with Gasteiger partial charge in [0.25, 0.3) is 0 Å². The van der Waals surface area contributed by atoms with Gasteiger partial charge in [0.05, 0.1) is 19.6 Å². The fraction of sp³-hybridized carbons (Fsp3) is 0.211. The molecule has 3 N–H and O–H groups in total. The van der Waals surface area contributed by atoms with Crippen LogP contribution in [0.3, 0.4) is 0 Å². The molecule has 0 aliphatic heterocycles. The number of methoxy groups -OCH3 is 1. The first-order valence-electron chi connectivity index (χ1n) is 8.14. The van der Waals surface area contributed by atoms with Gasteiger partial charge in [0.15, 0.2) is 24.0 Å². The lowest BCUT2D eigenvalue weighted by Crippen LogP contribution is -2.35. The van der Waals surface area contributed by atoms with Crippen LogP contribution in [0.5, 0.6) is 5.75 Å². The van der Waals surface area contributed by atoms with Gasteiger partial charge in [-0.25, -0.2) is 9.18 Å². The zero-order valence-corrected chi connectivity index (χ0v) is 15.7. The Bertz CT molecular complexity index is 890. The minimum absolute atomic E-state index is 0.00588. The number of nitrogens with one attached hydrogen (secondary N) is 1. The number of amides is 2. The van der Waals surface area contributed by atoms with Gasteiger partial charge >= 0.3 is 12.0 Å². The highest BCUT2D eigenvalue weighted by molar-refractivity contribution is 6.31. The van der Waals surface area contributed by atoms with Crippen molar-refractivity contribution in [3.8, 4) is 5.75 Å². The van der Waals surface area contributed by atoms with Crippen LogP contribution in [-0.4, -0.2) is 31.5 Å². The molecule has 0 aromatic heterocycles. The van der Waals surface area contributed by atoms with E-state index in [1.807, 2.05) is 0 Å². The van der Waals surface area contributed by atoms with Crippen LogP contribution in [0.25, 0.3) is 0 Å². The average Bonchev–Trinajstić information content (AvgIpc) is 2.65. The first-order valence-corrected chi connectivity index (χ1v) is 8.52. The van der Waals surface area contributed by atoms with E-state index in [1.165, 1.54) is 19.2 Å². The number of hydrogen-bond donors (Lipinski definition) is 2. The molecule has 0 aliphatic rings. The average molecular weight is 409 g/mol. The number of primary amides is 1. The number of ketones is 1. The van der Waals surface area contributed by atoms with E-state index in [0.29, 0.717) is 10.6 Å². The topological polar surface area (TPSA) is 108 Å². The fourth-order valence-electron chi connectivity index (χ4n) is 2.46. The Morgan fingerprint density at radius 1 is 1.21 bits per heavy atom. The molecular formula is C19H18ClFN2O5. The minimum Gasteiger partial charge on any atom is -0.494 e. The third-order valence-electron chi connectivity index (χ3n) is 3.81. The standard InChI is InChI=1S/C19H18ClFN2O5/c1-27-17-7-6-11(8-14(17)21)16(24)10-28-18(25)9-15(23-19(22)26)12-4-2-3-5-13(12)20/h2-8,15H,9-10H2,1H3,(H3,22,23,26)/t15-/m1/s1. The number of carbonyl (C=O) groups is 3. The Morgan fingerprint density at radius 2 is 1.93 bits per heavy atom. The number of halogens is 2. The van der Waals surface area contributed by atoms with Gasteiger partial charge in [0, 0.05) is 10.6 Å². The highest BCUT2D eigenvalue weighted by atomic mass is 35.5. The summed E-state index contributed by atoms with van der Waals surface area (Å²) in [6.45, 7) is -0.587. The number of nitrogens with two attached hydrogens (primary N) is 1. The molecule has 1 atom stereocenters. The number of rotatable bonds is 8. The van der Waals surface area contributed by atoms with Gasteiger partial charge in [-0.3, -0.25) is 9.59 Å². The third-order valence-corrected chi connectivity index (χ3v) is 4.15. The van der Waals surface area contributed by atoms with E-state index in [9.17, 15) is 18.8 Å². The number of carbonyl (C=O) groups excluding carboxylic acids is 3. The summed E-state index contributed by atoms with van der Waals surface area (Å²) in [5.41, 5.74) is 5.65. The maximum absolute atomic E-state index is 13.7. The summed E-state index contributed by atoms with van der Waals surface area (Å²) in [5.74, 6) is -2.06. The summed E-state index contributed by atoms with van der Waals surface area (Å²) in [5, 5.41) is 2.74. The molecule has 0 saturated heterocycles. The van der Waals surface area contributed by atoms with Crippen molar-refractivity contribution >= 4 is 29.4 Å². The maximum atomic E-state index is 13.7. The van der Waals surface area contributed by atoms with Crippen molar-refractivity contribution in [3.63, 3.8) is 0 Å². The Balaban J connectivity index is 2.00. The van der Waals surface area contributed by atoms with Gasteiger partial charge in [0.1, 0.15) is 0 Å². The van der Waals surface area contributed by atoms with Crippen LogP contribution >= 0.6 is 11.6 Å². The molecule has 2 aromatic rings. The van der Waals surface area contributed by atoms with Crippen LogP contribution in [0.2, 0.25) is 5.02 Å². The molecule has 0 bridgehead atoms. The number of benzene rings is 2. The Labute approximate surface area is 165 Å². The van der Waals surface area contributed by atoms with Crippen molar-refractivity contribution in [3.05, 3.63) is 64.4 Å². The number of hydrogen-bond acceptors (Lipinski definition) is 5. The number of esters is 1. The second-order valence-corrected chi connectivity index (χ2v) is 6.13. The molecule has 0 radical (unpaired) electrons. The summed E-state index contributed by atoms with van der Waals surface area (Å²) < 4.78 is 23.4. The lowest BCUT2D eigenvalue weighted by atomic mass is 10.0. The van der Waals surface area contributed by atoms with Crippen LogP contribution in [0.1, 0.15) is 28.4 Å². The smallest absolute Gasteiger partial charge is 0.312 e. The van der Waals surface area contributed by atoms with Gasteiger partial charge in [-0.05, 0) is 29.8 Å². The van der Waals surface area contributed by atoms with Gasteiger partial charge in [-0.15, -0.1) is 0 Å². The Kier molecular flexibility index (Phi) is 7.34. The number of urea groups is 1. The van der Waals surface area contributed by atoms with E-state index >= 15 is 0 Å². The summed E-state index contributed by atoms with van der Waals surface area (Å²) >= 11 is 6.09. The maximum Gasteiger partial charge on any atom is 0.312 e. The lowest BCUT2D eigenvalue weighted by Gasteiger charge is -2.18. The van der Waals surface area contributed by atoms with Gasteiger partial charge in [-0.2, -0.15) is 0 Å². The monoisotopic (exact) mass is 408 g/mol. The van der Waals surface area contributed by atoms with Crippen LogP contribution in [0.4, 0.5) is 9.18 Å². The van der Waals surface area contributed by atoms with Gasteiger partial charge in [0.2, 0.25) is 0 Å². The van der Waals surface area contributed by atoms with Crippen molar-refractivity contribution in [2.24, 2.45) is 5.73 Å². The SMILES string of the molecule is COc1ccc(C(=O)COC(=O)C[C@@H](NC(N)=O)c2ccccc2Cl)cc1F. The van der Waals surface area contributed by atoms with Crippen molar-refractivity contribution in [2.75, 3.05) is 13.7 Å². The van der Waals surface area contributed by atoms with Crippen molar-refractivity contribution < 1.29 is 28.2 Å². The predicted octanol–water partition coefficient (Wildman–Crippen LogP) is 3.01. The number of Topliss-reactive ketones (excluding diaryl/α,β-unsaturated/α-hetero) is 1. The molecule has 2 rings (SSSR count). The molecule has 0 unspecified atom stereocenters. The zero-order chi connectivity index (χ0) is 20.7. The second-order valence-electron chi connectivity index (χ2n) is 5.72. The summed E-state index contributed by atoms with van der Waals surface area (Å²) in [6.07, 6.45) is -0.295. The second kappa shape index (κ2) is 9.70. The van der Waals surface area contributed by atoms with E-state index in [1.54, 1.807) is 24.3 Å². The van der Waals surface area contributed by atoms with Crippen LogP contribution in [0.15, 0.2) is 42.5 Å². The molecule has 0 saturated carbocycles. The summed E-state index contributed by atoms with van der Waals surface area (Å²) in [7, 11) is 1.30. The van der Waals surface area contributed by atoms with Crippen molar-refractivity contribution in [1.29, 1.82) is 0 Å². The van der Waals surface area contributed by atoms with E-state index in [4.69, 9.17) is 26.8 Å². The fourth-order valence-corrected chi connectivity index (χ4v) is 2.73. The molecule has 2 aromatic carbocycles.